The highest BCUT2D eigenvalue weighted by Crippen LogP contribution is 2.46. The van der Waals surface area contributed by atoms with Crippen molar-refractivity contribution in [1.29, 1.82) is 0 Å². The van der Waals surface area contributed by atoms with Gasteiger partial charge in [0.25, 0.3) is 5.91 Å². The minimum absolute atomic E-state index is 0.0265. The number of hydrogen-bond acceptors (Lipinski definition) is 4. The molecule has 6 nitrogen and oxygen atoms in total. The normalized spacial score (nSPS) is 18.6. The Morgan fingerprint density at radius 3 is 2.67 bits per heavy atom. The van der Waals surface area contributed by atoms with Gasteiger partial charge in [-0.15, -0.1) is 0 Å². The van der Waals surface area contributed by atoms with Crippen LogP contribution in [-0.4, -0.2) is 21.9 Å². The highest BCUT2D eigenvalue weighted by atomic mass is 35.5. The van der Waals surface area contributed by atoms with E-state index in [0.29, 0.717) is 16.0 Å². The van der Waals surface area contributed by atoms with E-state index in [9.17, 15) is 22.4 Å². The maximum atomic E-state index is 13.7. The predicted molar refractivity (Wildman–Crippen MR) is 99.6 cm³/mol. The van der Waals surface area contributed by atoms with E-state index in [1.165, 1.54) is 30.5 Å². The Morgan fingerprint density at radius 2 is 2.03 bits per heavy atom. The molecule has 158 valence electrons. The van der Waals surface area contributed by atoms with E-state index in [-0.39, 0.29) is 23.1 Å². The van der Waals surface area contributed by atoms with Crippen molar-refractivity contribution in [1.82, 2.24) is 15.1 Å². The smallest absolute Gasteiger partial charge is 0.410 e. The molecule has 3 aromatic rings. The molecule has 2 N–H and O–H groups in total. The van der Waals surface area contributed by atoms with Gasteiger partial charge in [-0.1, -0.05) is 23.7 Å². The van der Waals surface area contributed by atoms with Crippen molar-refractivity contribution < 1.29 is 26.8 Å². The summed E-state index contributed by atoms with van der Waals surface area (Å²) in [7, 11) is 0. The van der Waals surface area contributed by atoms with Crippen molar-refractivity contribution >= 4 is 23.3 Å². The second-order valence-electron chi connectivity index (χ2n) is 6.76. The minimum atomic E-state index is -4.63. The highest BCUT2D eigenvalue weighted by molar-refractivity contribution is 6.36. The van der Waals surface area contributed by atoms with E-state index in [1.807, 2.05) is 0 Å². The van der Waals surface area contributed by atoms with Gasteiger partial charge in [0.1, 0.15) is 22.4 Å². The summed E-state index contributed by atoms with van der Waals surface area (Å²) in [5.74, 6) is -0.895. The maximum Gasteiger partial charge on any atom is 0.410 e. The summed E-state index contributed by atoms with van der Waals surface area (Å²) in [6.45, 7) is 0.0265. The molecular weight excluding hydrogens is 428 g/mol. The minimum Gasteiger partial charge on any atom is -0.467 e. The van der Waals surface area contributed by atoms with Crippen LogP contribution in [0.2, 0.25) is 5.02 Å². The van der Waals surface area contributed by atoms with Crippen LogP contribution in [0.5, 0.6) is 0 Å². The van der Waals surface area contributed by atoms with E-state index in [4.69, 9.17) is 16.0 Å². The van der Waals surface area contributed by atoms with Crippen LogP contribution in [-0.2, 0) is 6.54 Å². The molecule has 0 bridgehead atoms. The van der Waals surface area contributed by atoms with Crippen LogP contribution < -0.4 is 10.6 Å². The number of hydrogen-bond donors (Lipinski definition) is 2. The SMILES string of the molecule is O=C(NCc1ccco1)c1nn2c(c1Cl)N[C@@H](c1ccc(F)cc1)C[C@H]2C(F)(F)F. The Kier molecular flexibility index (Phi) is 5.19. The molecule has 0 radical (unpaired) electrons. The van der Waals surface area contributed by atoms with E-state index in [1.54, 1.807) is 12.1 Å². The first-order valence-corrected chi connectivity index (χ1v) is 9.29. The molecule has 3 heterocycles. The molecule has 1 amide bonds. The lowest BCUT2D eigenvalue weighted by molar-refractivity contribution is -0.173. The zero-order chi connectivity index (χ0) is 21.5. The maximum absolute atomic E-state index is 13.7. The second kappa shape index (κ2) is 7.67. The van der Waals surface area contributed by atoms with E-state index in [0.717, 1.165) is 0 Å². The molecule has 1 aliphatic heterocycles. The zero-order valence-electron chi connectivity index (χ0n) is 15.2. The van der Waals surface area contributed by atoms with Crippen LogP contribution in [0.1, 0.15) is 40.3 Å². The van der Waals surface area contributed by atoms with Gasteiger partial charge in [0.05, 0.1) is 18.8 Å². The molecule has 4 rings (SSSR count). The fourth-order valence-electron chi connectivity index (χ4n) is 3.31. The number of amides is 1. The van der Waals surface area contributed by atoms with Crippen molar-refractivity contribution in [2.24, 2.45) is 0 Å². The Hall–Kier alpha value is -3.01. The molecule has 30 heavy (non-hydrogen) atoms. The number of anilines is 1. The first kappa shape index (κ1) is 20.3. The topological polar surface area (TPSA) is 72.1 Å². The lowest BCUT2D eigenvalue weighted by atomic mass is 9.97. The third-order valence-electron chi connectivity index (χ3n) is 4.79. The quantitative estimate of drug-likeness (QED) is 0.566. The van der Waals surface area contributed by atoms with Crippen molar-refractivity contribution in [2.45, 2.75) is 31.2 Å². The van der Waals surface area contributed by atoms with Crippen molar-refractivity contribution in [3.63, 3.8) is 0 Å². The first-order valence-electron chi connectivity index (χ1n) is 8.91. The summed E-state index contributed by atoms with van der Waals surface area (Å²) in [5, 5.41) is 9.02. The fraction of sp³-hybridized carbons (Fsp3) is 0.263. The van der Waals surface area contributed by atoms with Gasteiger partial charge in [0.2, 0.25) is 0 Å². The number of furan rings is 1. The standard InChI is InChI=1S/C19H15ClF4N4O2/c20-15-16(18(29)25-9-12-2-1-7-30-12)27-28-14(19(22,23)24)8-13(26-17(15)28)10-3-5-11(21)6-4-10/h1-7,13-14,26H,8-9H2,(H,25,29)/t13-,14+/m1/s1. The summed E-state index contributed by atoms with van der Waals surface area (Å²) < 4.78 is 60.2. The Balaban J connectivity index is 1.65. The average Bonchev–Trinajstić information content (AvgIpc) is 3.33. The zero-order valence-corrected chi connectivity index (χ0v) is 16.0. The first-order chi connectivity index (χ1) is 14.2. The van der Waals surface area contributed by atoms with Gasteiger partial charge in [-0.25, -0.2) is 9.07 Å². The second-order valence-corrected chi connectivity index (χ2v) is 7.14. The van der Waals surface area contributed by atoms with Gasteiger partial charge in [-0.2, -0.15) is 18.3 Å². The molecule has 0 aliphatic carbocycles. The summed E-state index contributed by atoms with van der Waals surface area (Å²) in [4.78, 5) is 12.5. The molecule has 0 fully saturated rings. The number of nitrogens with one attached hydrogen (secondary N) is 2. The summed E-state index contributed by atoms with van der Waals surface area (Å²) in [5.41, 5.74) is 0.123. The predicted octanol–water partition coefficient (Wildman–Crippen LogP) is 4.86. The molecule has 0 saturated carbocycles. The Labute approximate surface area is 172 Å². The van der Waals surface area contributed by atoms with Crippen LogP contribution >= 0.6 is 11.6 Å². The van der Waals surface area contributed by atoms with Crippen LogP contribution in [0.3, 0.4) is 0 Å². The molecule has 1 aromatic carbocycles. The van der Waals surface area contributed by atoms with Crippen molar-refractivity contribution in [2.75, 3.05) is 5.32 Å². The lowest BCUT2D eigenvalue weighted by Crippen LogP contribution is -2.35. The third kappa shape index (κ3) is 3.87. The monoisotopic (exact) mass is 442 g/mol. The number of nitrogens with zero attached hydrogens (tertiary/aromatic N) is 2. The lowest BCUT2D eigenvalue weighted by Gasteiger charge is -2.33. The molecule has 0 unspecified atom stereocenters. The Bertz CT molecular complexity index is 1050. The third-order valence-corrected chi connectivity index (χ3v) is 5.14. The molecule has 2 aromatic heterocycles. The average molecular weight is 443 g/mol. The van der Waals surface area contributed by atoms with Crippen LogP contribution in [0.4, 0.5) is 23.4 Å². The van der Waals surface area contributed by atoms with E-state index < -0.39 is 36.4 Å². The van der Waals surface area contributed by atoms with Crippen LogP contribution in [0.15, 0.2) is 47.1 Å². The van der Waals surface area contributed by atoms with Gasteiger partial charge < -0.3 is 15.1 Å². The number of fused-ring (bicyclic) bond motifs is 1. The molecule has 0 saturated heterocycles. The number of rotatable bonds is 4. The number of alkyl halides is 3. The Morgan fingerprint density at radius 1 is 1.30 bits per heavy atom. The van der Waals surface area contributed by atoms with E-state index >= 15 is 0 Å². The molecule has 2 atom stereocenters. The summed E-state index contributed by atoms with van der Waals surface area (Å²) >= 11 is 6.23. The van der Waals surface area contributed by atoms with Crippen LogP contribution in [0, 0.1) is 5.82 Å². The molecule has 0 spiro atoms. The number of aromatic nitrogens is 2. The number of carbonyl (C=O) groups excluding carboxylic acids is 1. The summed E-state index contributed by atoms with van der Waals surface area (Å²) in [6, 6.07) is 5.60. The molecule has 11 heteroatoms. The van der Waals surface area contributed by atoms with Crippen LogP contribution in [0.25, 0.3) is 0 Å². The highest BCUT2D eigenvalue weighted by Gasteiger charge is 2.47. The van der Waals surface area contributed by atoms with E-state index in [2.05, 4.69) is 15.7 Å². The van der Waals surface area contributed by atoms with Gasteiger partial charge in [-0.05, 0) is 29.8 Å². The largest absolute Gasteiger partial charge is 0.467 e. The van der Waals surface area contributed by atoms with Gasteiger partial charge in [0.15, 0.2) is 11.7 Å². The fourth-order valence-corrected chi connectivity index (χ4v) is 3.58. The molecule has 1 aliphatic rings. The number of halogens is 5. The molecular formula is C19H15ClF4N4O2. The van der Waals surface area contributed by atoms with Crippen molar-refractivity contribution in [3.8, 4) is 0 Å². The van der Waals surface area contributed by atoms with Crippen molar-refractivity contribution in [3.05, 3.63) is 70.5 Å². The van der Waals surface area contributed by atoms with Gasteiger partial charge >= 0.3 is 6.18 Å². The summed E-state index contributed by atoms with van der Waals surface area (Å²) in [6.07, 6.45) is -3.60. The van der Waals surface area contributed by atoms with Gasteiger partial charge in [-0.3, -0.25) is 4.79 Å². The number of carbonyl (C=O) groups is 1. The van der Waals surface area contributed by atoms with Gasteiger partial charge in [0, 0.05) is 6.42 Å². The number of benzene rings is 1.